The Kier molecular flexibility index (Phi) is 10.2. The molecule has 0 bridgehead atoms. The van der Waals surface area contributed by atoms with E-state index >= 15 is 0 Å². The third-order valence-electron chi connectivity index (χ3n) is 1.55. The predicted octanol–water partition coefficient (Wildman–Crippen LogP) is -0.643. The lowest BCUT2D eigenvalue weighted by molar-refractivity contribution is -0.178. The van der Waals surface area contributed by atoms with Crippen molar-refractivity contribution in [3.8, 4) is 0 Å². The normalized spacial score (nSPS) is 10.7. The van der Waals surface area contributed by atoms with Gasteiger partial charge in [0.15, 0.2) is 0 Å². The Balaban J connectivity index is 0.000000344. The number of benzene rings is 1. The summed E-state index contributed by atoms with van der Waals surface area (Å²) < 4.78 is 29.2. The van der Waals surface area contributed by atoms with E-state index in [2.05, 4.69) is 15.3 Å². The molecule has 1 rings (SSSR count). The molecule has 0 aliphatic heterocycles. The molecular weight excluding hydrogens is 278 g/mol. The fourth-order valence-electron chi connectivity index (χ4n) is 0.809. The largest absolute Gasteiger partial charge is 0.394 e. The second-order valence-corrected chi connectivity index (χ2v) is 4.44. The Bertz CT molecular complexity index is 403. The zero-order valence-electron chi connectivity index (χ0n) is 10.1. The van der Waals surface area contributed by atoms with Crippen molar-refractivity contribution in [2.24, 2.45) is 0 Å². The first-order chi connectivity index (χ1) is 9.02. The maximum atomic E-state index is 10.4. The predicted molar refractivity (Wildman–Crippen MR) is 65.5 cm³/mol. The molecule has 19 heavy (non-hydrogen) atoms. The molecule has 0 atom stereocenters. The molecule has 4 N–H and O–H groups in total. The SMILES string of the molecule is O=S(=O)(O)c1ccccc1.OCCONOCCO. The summed E-state index contributed by atoms with van der Waals surface area (Å²) in [6.45, 7) is 0.224. The molecule has 9 heteroatoms. The van der Waals surface area contributed by atoms with Crippen molar-refractivity contribution in [1.82, 2.24) is 5.64 Å². The lowest BCUT2D eigenvalue weighted by Gasteiger charge is -2.01. The number of hydrogen-bond donors (Lipinski definition) is 4. The van der Waals surface area contributed by atoms with Crippen molar-refractivity contribution in [2.45, 2.75) is 4.90 Å². The van der Waals surface area contributed by atoms with Gasteiger partial charge in [-0.3, -0.25) is 14.2 Å². The van der Waals surface area contributed by atoms with Crippen LogP contribution in [0.5, 0.6) is 0 Å². The standard InChI is InChI=1S/C6H6O3S.C4H11NO4/c7-10(8,9)6-4-2-1-3-5-6;6-1-3-8-5-9-4-2-7/h1-5H,(H,7,8,9);5-7H,1-4H2. The van der Waals surface area contributed by atoms with Crippen molar-refractivity contribution in [3.05, 3.63) is 30.3 Å². The van der Waals surface area contributed by atoms with Crippen LogP contribution in [-0.2, 0) is 19.8 Å². The fraction of sp³-hybridized carbons (Fsp3) is 0.400. The number of aliphatic hydroxyl groups excluding tert-OH is 2. The first-order valence-electron chi connectivity index (χ1n) is 5.25. The molecule has 0 saturated heterocycles. The average molecular weight is 295 g/mol. The van der Waals surface area contributed by atoms with E-state index < -0.39 is 10.1 Å². The molecule has 110 valence electrons. The zero-order chi connectivity index (χ0) is 14.6. The number of hydrogen-bond acceptors (Lipinski definition) is 7. The number of rotatable bonds is 7. The highest BCUT2D eigenvalue weighted by molar-refractivity contribution is 7.85. The molecule has 0 unspecified atom stereocenters. The van der Waals surface area contributed by atoms with Crippen LogP contribution in [0.1, 0.15) is 0 Å². The molecule has 0 spiro atoms. The minimum atomic E-state index is -4.00. The van der Waals surface area contributed by atoms with E-state index in [9.17, 15) is 8.42 Å². The van der Waals surface area contributed by atoms with Crippen LogP contribution < -0.4 is 5.64 Å². The van der Waals surface area contributed by atoms with E-state index in [1.165, 1.54) is 12.1 Å². The van der Waals surface area contributed by atoms with E-state index in [-0.39, 0.29) is 31.3 Å². The molecule has 0 heterocycles. The van der Waals surface area contributed by atoms with Gasteiger partial charge in [0.2, 0.25) is 0 Å². The van der Waals surface area contributed by atoms with Gasteiger partial charge in [-0.15, -0.1) is 0 Å². The van der Waals surface area contributed by atoms with Crippen LogP contribution in [0, 0.1) is 0 Å². The molecule has 8 nitrogen and oxygen atoms in total. The second kappa shape index (κ2) is 10.8. The summed E-state index contributed by atoms with van der Waals surface area (Å²) in [6.07, 6.45) is 0. The average Bonchev–Trinajstić information content (AvgIpc) is 2.40. The highest BCUT2D eigenvalue weighted by Gasteiger charge is 2.05. The van der Waals surface area contributed by atoms with Crippen LogP contribution >= 0.6 is 0 Å². The fourth-order valence-corrected chi connectivity index (χ4v) is 1.31. The highest BCUT2D eigenvalue weighted by Crippen LogP contribution is 2.05. The number of aliphatic hydroxyl groups is 2. The van der Waals surface area contributed by atoms with Crippen molar-refractivity contribution in [3.63, 3.8) is 0 Å². The maximum absolute atomic E-state index is 10.4. The molecular formula is C10H17NO7S. The smallest absolute Gasteiger partial charge is 0.294 e. The van der Waals surface area contributed by atoms with Gasteiger partial charge in [0.25, 0.3) is 10.1 Å². The van der Waals surface area contributed by atoms with Crippen molar-refractivity contribution in [1.29, 1.82) is 0 Å². The third kappa shape index (κ3) is 10.5. The first-order valence-corrected chi connectivity index (χ1v) is 6.69. The topological polar surface area (TPSA) is 125 Å². The summed E-state index contributed by atoms with van der Waals surface area (Å²) in [4.78, 5) is 8.83. The summed E-state index contributed by atoms with van der Waals surface area (Å²) >= 11 is 0. The minimum Gasteiger partial charge on any atom is -0.394 e. The molecule has 1 aromatic carbocycles. The van der Waals surface area contributed by atoms with Crippen LogP contribution in [-0.4, -0.2) is 49.6 Å². The summed E-state index contributed by atoms with van der Waals surface area (Å²) in [7, 11) is -4.00. The van der Waals surface area contributed by atoms with Gasteiger partial charge in [0.1, 0.15) is 0 Å². The molecule has 0 aromatic heterocycles. The van der Waals surface area contributed by atoms with Crippen molar-refractivity contribution < 1.29 is 32.9 Å². The van der Waals surface area contributed by atoms with Crippen LogP contribution in [0.15, 0.2) is 35.2 Å². The quantitative estimate of drug-likeness (QED) is 0.297. The van der Waals surface area contributed by atoms with E-state index in [0.717, 1.165) is 0 Å². The molecule has 0 fully saturated rings. The van der Waals surface area contributed by atoms with Crippen molar-refractivity contribution >= 4 is 10.1 Å². The van der Waals surface area contributed by atoms with Gasteiger partial charge in [-0.25, -0.2) is 0 Å². The molecule has 0 saturated carbocycles. The minimum absolute atomic E-state index is 0.0600. The lowest BCUT2D eigenvalue weighted by Crippen LogP contribution is -2.19. The molecule has 0 radical (unpaired) electrons. The monoisotopic (exact) mass is 295 g/mol. The Morgan fingerprint density at radius 3 is 1.79 bits per heavy atom. The highest BCUT2D eigenvalue weighted by atomic mass is 32.2. The summed E-state index contributed by atoms with van der Waals surface area (Å²) in [6, 6.07) is 7.42. The van der Waals surface area contributed by atoms with Crippen LogP contribution in [0.25, 0.3) is 0 Å². The zero-order valence-corrected chi connectivity index (χ0v) is 10.9. The summed E-state index contributed by atoms with van der Waals surface area (Å²) in [5.74, 6) is 0. The van der Waals surface area contributed by atoms with Crippen molar-refractivity contribution in [2.75, 3.05) is 26.4 Å². The van der Waals surface area contributed by atoms with Gasteiger partial charge < -0.3 is 10.2 Å². The Hall–Kier alpha value is -1.07. The summed E-state index contributed by atoms with van der Waals surface area (Å²) in [5.41, 5.74) is 2.07. The van der Waals surface area contributed by atoms with Gasteiger partial charge >= 0.3 is 0 Å². The summed E-state index contributed by atoms with van der Waals surface area (Å²) in [5, 5.41) is 16.3. The first kappa shape index (κ1) is 17.9. The van der Waals surface area contributed by atoms with E-state index in [1.807, 2.05) is 0 Å². The third-order valence-corrected chi connectivity index (χ3v) is 2.41. The van der Waals surface area contributed by atoms with Gasteiger partial charge in [0.05, 0.1) is 31.3 Å². The Morgan fingerprint density at radius 1 is 1.00 bits per heavy atom. The Morgan fingerprint density at radius 2 is 1.47 bits per heavy atom. The van der Waals surface area contributed by atoms with Crippen LogP contribution in [0.3, 0.4) is 0 Å². The molecule has 1 aromatic rings. The van der Waals surface area contributed by atoms with E-state index in [0.29, 0.717) is 0 Å². The molecule has 0 aliphatic carbocycles. The van der Waals surface area contributed by atoms with Gasteiger partial charge in [-0.1, -0.05) is 23.8 Å². The van der Waals surface area contributed by atoms with E-state index in [1.54, 1.807) is 18.2 Å². The maximum Gasteiger partial charge on any atom is 0.294 e. The molecule has 0 amide bonds. The number of nitrogens with one attached hydrogen (secondary N) is 1. The Labute approximate surface area is 111 Å². The van der Waals surface area contributed by atoms with Gasteiger partial charge in [0, 0.05) is 0 Å². The van der Waals surface area contributed by atoms with Crippen LogP contribution in [0.2, 0.25) is 0 Å². The van der Waals surface area contributed by atoms with E-state index in [4.69, 9.17) is 14.8 Å². The van der Waals surface area contributed by atoms with Gasteiger partial charge in [-0.05, 0) is 12.1 Å². The second-order valence-electron chi connectivity index (χ2n) is 3.02. The van der Waals surface area contributed by atoms with Crippen LogP contribution in [0.4, 0.5) is 0 Å². The lowest BCUT2D eigenvalue weighted by atomic mass is 10.4. The van der Waals surface area contributed by atoms with Gasteiger partial charge in [-0.2, -0.15) is 8.42 Å². The molecule has 0 aliphatic rings.